The van der Waals surface area contributed by atoms with Crippen molar-refractivity contribution in [3.8, 4) is 11.1 Å². The molecule has 0 aliphatic heterocycles. The van der Waals surface area contributed by atoms with Crippen LogP contribution >= 0.6 is 0 Å². The molecule has 0 aliphatic carbocycles. The van der Waals surface area contributed by atoms with Crippen LogP contribution in [0.25, 0.3) is 11.1 Å². The van der Waals surface area contributed by atoms with Crippen molar-refractivity contribution in [3.05, 3.63) is 58.4 Å². The smallest absolute Gasteiger partial charge is 0.205 e. The van der Waals surface area contributed by atoms with E-state index in [-0.39, 0.29) is 12.1 Å². The minimum absolute atomic E-state index is 0.113. The van der Waals surface area contributed by atoms with Crippen molar-refractivity contribution in [3.63, 3.8) is 0 Å². The minimum atomic E-state index is -5.37. The Kier molecular flexibility index (Phi) is 4.51. The van der Waals surface area contributed by atoms with Crippen molar-refractivity contribution in [2.24, 2.45) is 0 Å². The maximum absolute atomic E-state index is 13.7. The van der Waals surface area contributed by atoms with E-state index in [1.54, 1.807) is 0 Å². The molecule has 2 aromatic carbocycles. The summed E-state index contributed by atoms with van der Waals surface area (Å²) in [5.41, 5.74) is -6.38. The lowest BCUT2D eigenvalue weighted by Gasteiger charge is -2.16. The van der Waals surface area contributed by atoms with Gasteiger partial charge >= 0.3 is 6.18 Å². The minimum Gasteiger partial charge on any atom is -0.205 e. The molecule has 0 aliphatic rings. The van der Waals surface area contributed by atoms with E-state index in [4.69, 9.17) is 0 Å². The van der Waals surface area contributed by atoms with Crippen LogP contribution in [-0.4, -0.2) is 0 Å². The van der Waals surface area contributed by atoms with Gasteiger partial charge < -0.3 is 0 Å². The summed E-state index contributed by atoms with van der Waals surface area (Å²) in [6.07, 6.45) is -8.71. The molecular formula is C14H4F10. The maximum Gasteiger partial charge on any atom is 0.417 e. The fraction of sp³-hybridized carbons (Fsp3) is 0.143. The molecule has 0 atom stereocenters. The highest BCUT2D eigenvalue weighted by atomic mass is 19.4. The molecule has 0 aromatic heterocycles. The van der Waals surface area contributed by atoms with Crippen LogP contribution < -0.4 is 0 Å². The number of rotatable bonds is 2. The summed E-state index contributed by atoms with van der Waals surface area (Å²) in [6, 6.07) is 0.508. The van der Waals surface area contributed by atoms with Crippen molar-refractivity contribution in [1.82, 2.24) is 0 Å². The summed E-state index contributed by atoms with van der Waals surface area (Å²) in [7, 11) is 0. The number of hydrogen-bond acceptors (Lipinski definition) is 0. The first-order chi connectivity index (χ1) is 11.0. The molecule has 2 rings (SSSR count). The van der Waals surface area contributed by atoms with Gasteiger partial charge in [-0.25, -0.2) is 30.7 Å². The lowest BCUT2D eigenvalue weighted by Crippen LogP contribution is -2.11. The quantitative estimate of drug-likeness (QED) is 0.349. The van der Waals surface area contributed by atoms with Gasteiger partial charge in [0.15, 0.2) is 23.3 Å². The van der Waals surface area contributed by atoms with Crippen LogP contribution in [0.15, 0.2) is 18.2 Å². The predicted octanol–water partition coefficient (Wildman–Crippen LogP) is 6.01. The second-order valence-corrected chi connectivity index (χ2v) is 4.55. The number of halogens is 10. The lowest BCUT2D eigenvalue weighted by molar-refractivity contribution is -0.137. The fourth-order valence-corrected chi connectivity index (χ4v) is 1.99. The second kappa shape index (κ2) is 5.99. The van der Waals surface area contributed by atoms with Gasteiger partial charge in [-0.2, -0.15) is 13.2 Å². The van der Waals surface area contributed by atoms with Gasteiger partial charge in [0.1, 0.15) is 0 Å². The predicted molar refractivity (Wildman–Crippen MR) is 61.6 cm³/mol. The van der Waals surface area contributed by atoms with Crippen molar-refractivity contribution in [2.45, 2.75) is 12.6 Å². The zero-order chi connectivity index (χ0) is 18.4. The summed E-state index contributed by atoms with van der Waals surface area (Å²) in [6.45, 7) is 0. The van der Waals surface area contributed by atoms with Crippen LogP contribution in [-0.2, 0) is 6.18 Å². The van der Waals surface area contributed by atoms with Gasteiger partial charge in [0.25, 0.3) is 6.43 Å². The van der Waals surface area contributed by atoms with E-state index >= 15 is 0 Å². The SMILES string of the molecule is Fc1c(F)c(F)c(-c2ccc(C(F)F)cc2C(F)(F)F)c(F)c1F. The second-order valence-electron chi connectivity index (χ2n) is 4.55. The molecule has 130 valence electrons. The van der Waals surface area contributed by atoms with E-state index in [0.29, 0.717) is 6.07 Å². The van der Waals surface area contributed by atoms with Gasteiger partial charge in [-0.3, -0.25) is 0 Å². The summed E-state index contributed by atoms with van der Waals surface area (Å²) in [5, 5.41) is 0. The van der Waals surface area contributed by atoms with Crippen LogP contribution in [0, 0.1) is 29.1 Å². The Hall–Kier alpha value is -2.26. The number of hydrogen-bond donors (Lipinski definition) is 0. The Morgan fingerprint density at radius 2 is 1.17 bits per heavy atom. The van der Waals surface area contributed by atoms with Crippen LogP contribution in [0.3, 0.4) is 0 Å². The zero-order valence-electron chi connectivity index (χ0n) is 11.1. The van der Waals surface area contributed by atoms with Crippen molar-refractivity contribution >= 4 is 0 Å². The molecule has 0 N–H and O–H groups in total. The normalized spacial score (nSPS) is 12.1. The number of benzene rings is 2. The third-order valence-electron chi connectivity index (χ3n) is 3.08. The molecule has 10 heteroatoms. The Bertz CT molecular complexity index is 762. The topological polar surface area (TPSA) is 0 Å². The first kappa shape index (κ1) is 18.1. The average Bonchev–Trinajstić information content (AvgIpc) is 2.50. The molecule has 0 radical (unpaired) electrons. The Morgan fingerprint density at radius 3 is 1.58 bits per heavy atom. The standard InChI is InChI=1S/C14H4F10/c15-8-7(9(16)11(18)12(19)10(8)17)5-2-1-4(13(20)21)3-6(5)14(22,23)24/h1-3,13H. The largest absolute Gasteiger partial charge is 0.417 e. The van der Waals surface area contributed by atoms with Crippen LogP contribution in [0.4, 0.5) is 43.9 Å². The average molecular weight is 362 g/mol. The molecular weight excluding hydrogens is 358 g/mol. The molecule has 0 saturated carbocycles. The molecule has 0 saturated heterocycles. The van der Waals surface area contributed by atoms with Gasteiger partial charge in [-0.15, -0.1) is 0 Å². The highest BCUT2D eigenvalue weighted by Gasteiger charge is 2.37. The first-order valence-electron chi connectivity index (χ1n) is 5.98. The molecule has 0 fully saturated rings. The monoisotopic (exact) mass is 362 g/mol. The summed E-state index contributed by atoms with van der Waals surface area (Å²) < 4.78 is 131. The van der Waals surface area contributed by atoms with E-state index < -0.39 is 63.9 Å². The van der Waals surface area contributed by atoms with E-state index in [0.717, 1.165) is 0 Å². The van der Waals surface area contributed by atoms with E-state index in [2.05, 4.69) is 0 Å². The summed E-state index contributed by atoms with van der Waals surface area (Å²) in [5.74, 6) is -12.4. The highest BCUT2D eigenvalue weighted by molar-refractivity contribution is 5.70. The molecule has 0 bridgehead atoms. The molecule has 2 aromatic rings. The third kappa shape index (κ3) is 2.92. The van der Waals surface area contributed by atoms with Gasteiger partial charge in [-0.05, 0) is 11.6 Å². The fourth-order valence-electron chi connectivity index (χ4n) is 1.99. The van der Waals surface area contributed by atoms with Gasteiger partial charge in [0.2, 0.25) is 5.82 Å². The Balaban J connectivity index is 2.88. The maximum atomic E-state index is 13.7. The molecule has 0 heterocycles. The van der Waals surface area contributed by atoms with Crippen LogP contribution in [0.2, 0.25) is 0 Å². The van der Waals surface area contributed by atoms with E-state index in [1.165, 1.54) is 0 Å². The van der Waals surface area contributed by atoms with Crippen LogP contribution in [0.5, 0.6) is 0 Å². The lowest BCUT2D eigenvalue weighted by atomic mass is 9.95. The van der Waals surface area contributed by atoms with Crippen LogP contribution in [0.1, 0.15) is 17.6 Å². The molecule has 0 nitrogen and oxygen atoms in total. The highest BCUT2D eigenvalue weighted by Crippen LogP contribution is 2.41. The summed E-state index contributed by atoms with van der Waals surface area (Å²) in [4.78, 5) is 0. The van der Waals surface area contributed by atoms with Gasteiger partial charge in [-0.1, -0.05) is 12.1 Å². The third-order valence-corrected chi connectivity index (χ3v) is 3.08. The van der Waals surface area contributed by atoms with Gasteiger partial charge in [0, 0.05) is 5.56 Å². The van der Waals surface area contributed by atoms with Gasteiger partial charge in [0.05, 0.1) is 11.1 Å². The van der Waals surface area contributed by atoms with Crippen molar-refractivity contribution < 1.29 is 43.9 Å². The van der Waals surface area contributed by atoms with Crippen molar-refractivity contribution in [1.29, 1.82) is 0 Å². The molecule has 0 amide bonds. The van der Waals surface area contributed by atoms with Crippen molar-refractivity contribution in [2.75, 3.05) is 0 Å². The Labute approximate surface area is 127 Å². The molecule has 24 heavy (non-hydrogen) atoms. The zero-order valence-corrected chi connectivity index (χ0v) is 11.1. The summed E-state index contributed by atoms with van der Waals surface area (Å²) >= 11 is 0. The number of alkyl halides is 5. The van der Waals surface area contributed by atoms with E-state index in [9.17, 15) is 43.9 Å². The van der Waals surface area contributed by atoms with E-state index in [1.807, 2.05) is 0 Å². The Morgan fingerprint density at radius 1 is 0.708 bits per heavy atom. The first-order valence-corrected chi connectivity index (χ1v) is 5.98. The molecule has 0 spiro atoms. The molecule has 0 unspecified atom stereocenters.